The molecule has 0 aliphatic carbocycles. The molecule has 1 amide bonds. The van der Waals surface area contributed by atoms with E-state index in [0.29, 0.717) is 27.2 Å². The van der Waals surface area contributed by atoms with Gasteiger partial charge in [0.2, 0.25) is 0 Å². The van der Waals surface area contributed by atoms with Gasteiger partial charge in [0.15, 0.2) is 0 Å². The van der Waals surface area contributed by atoms with Crippen molar-refractivity contribution in [3.63, 3.8) is 0 Å². The van der Waals surface area contributed by atoms with Crippen LogP contribution in [0.2, 0.25) is 0 Å². The first-order chi connectivity index (χ1) is 10.5. The number of halogens is 1. The van der Waals surface area contributed by atoms with Crippen LogP contribution in [0.25, 0.3) is 0 Å². The van der Waals surface area contributed by atoms with Gasteiger partial charge in [0.1, 0.15) is 21.7 Å². The Labute approximate surface area is 137 Å². The smallest absolute Gasteiger partial charge is 0.256 e. The van der Waals surface area contributed by atoms with Crippen molar-refractivity contribution in [2.24, 2.45) is 0 Å². The fourth-order valence-electron chi connectivity index (χ4n) is 1.94. The minimum atomic E-state index is -0.372. The van der Waals surface area contributed by atoms with Gasteiger partial charge in [0.05, 0.1) is 19.9 Å². The Hall–Kier alpha value is -2.21. The van der Waals surface area contributed by atoms with Gasteiger partial charge in [-0.05, 0) is 52.7 Å². The van der Waals surface area contributed by atoms with E-state index in [0.717, 1.165) is 5.56 Å². The molecule has 0 fully saturated rings. The first-order valence-electron chi connectivity index (χ1n) is 6.48. The number of hydrogen-bond acceptors (Lipinski definition) is 4. The number of carbonyl (C=O) groups is 1. The number of rotatable bonds is 4. The monoisotopic (exact) mass is 365 g/mol. The fraction of sp³-hybridized carbons (Fsp3) is 0.188. The standard InChI is InChI=1S/C16H16BrNO4/c1-9-4-5-11(12(19)6-9)18-16(20)10-7-13(21-2)15(17)14(8-10)22-3/h4-8,19H,1-3H3,(H,18,20). The summed E-state index contributed by atoms with van der Waals surface area (Å²) >= 11 is 3.35. The van der Waals surface area contributed by atoms with Crippen LogP contribution in [-0.2, 0) is 0 Å². The van der Waals surface area contributed by atoms with Gasteiger partial charge in [-0.3, -0.25) is 4.79 Å². The second-order valence-electron chi connectivity index (χ2n) is 4.67. The number of amides is 1. The Bertz CT molecular complexity index is 690. The van der Waals surface area contributed by atoms with E-state index in [-0.39, 0.29) is 11.7 Å². The number of anilines is 1. The van der Waals surface area contributed by atoms with Crippen molar-refractivity contribution in [2.75, 3.05) is 19.5 Å². The average Bonchev–Trinajstić information content (AvgIpc) is 2.50. The third kappa shape index (κ3) is 3.33. The number of phenolic OH excluding ortho intramolecular Hbond substituents is 1. The van der Waals surface area contributed by atoms with Crippen LogP contribution in [0.15, 0.2) is 34.8 Å². The van der Waals surface area contributed by atoms with Gasteiger partial charge in [-0.2, -0.15) is 0 Å². The van der Waals surface area contributed by atoms with Gasteiger partial charge >= 0.3 is 0 Å². The summed E-state index contributed by atoms with van der Waals surface area (Å²) in [6.07, 6.45) is 0. The molecule has 0 aliphatic rings. The topological polar surface area (TPSA) is 67.8 Å². The van der Waals surface area contributed by atoms with Crippen molar-refractivity contribution in [2.45, 2.75) is 6.92 Å². The third-order valence-corrected chi connectivity index (χ3v) is 3.89. The van der Waals surface area contributed by atoms with E-state index < -0.39 is 0 Å². The molecule has 0 aliphatic heterocycles. The number of carbonyl (C=O) groups excluding carboxylic acids is 1. The van der Waals surface area contributed by atoms with Crippen molar-refractivity contribution in [1.29, 1.82) is 0 Å². The number of methoxy groups -OCH3 is 2. The predicted octanol–water partition coefficient (Wildman–Crippen LogP) is 3.73. The van der Waals surface area contributed by atoms with Crippen LogP contribution in [0.1, 0.15) is 15.9 Å². The molecule has 0 radical (unpaired) electrons. The zero-order valence-corrected chi connectivity index (χ0v) is 14.0. The van der Waals surface area contributed by atoms with Gasteiger partial charge in [-0.1, -0.05) is 6.07 Å². The minimum Gasteiger partial charge on any atom is -0.506 e. The van der Waals surface area contributed by atoms with E-state index in [1.807, 2.05) is 6.92 Å². The molecule has 0 saturated carbocycles. The third-order valence-electron chi connectivity index (χ3n) is 3.11. The van der Waals surface area contributed by atoms with Crippen LogP contribution in [0.3, 0.4) is 0 Å². The van der Waals surface area contributed by atoms with E-state index in [2.05, 4.69) is 21.2 Å². The van der Waals surface area contributed by atoms with E-state index in [9.17, 15) is 9.90 Å². The minimum absolute atomic E-state index is 0.0180. The summed E-state index contributed by atoms with van der Waals surface area (Å²) < 4.78 is 11.1. The summed E-state index contributed by atoms with van der Waals surface area (Å²) in [5.41, 5.74) is 1.61. The van der Waals surface area contributed by atoms with Crippen LogP contribution < -0.4 is 14.8 Å². The maximum atomic E-state index is 12.4. The van der Waals surface area contributed by atoms with Crippen molar-refractivity contribution in [3.05, 3.63) is 45.9 Å². The van der Waals surface area contributed by atoms with Crippen molar-refractivity contribution < 1.29 is 19.4 Å². The molecular formula is C16H16BrNO4. The molecule has 0 aromatic heterocycles. The van der Waals surface area contributed by atoms with Crippen LogP contribution in [0.4, 0.5) is 5.69 Å². The lowest BCUT2D eigenvalue weighted by Gasteiger charge is -2.12. The molecule has 6 heteroatoms. The van der Waals surface area contributed by atoms with Crippen molar-refractivity contribution in [1.82, 2.24) is 0 Å². The van der Waals surface area contributed by atoms with Gasteiger partial charge in [-0.15, -0.1) is 0 Å². The summed E-state index contributed by atoms with van der Waals surface area (Å²) in [5.74, 6) is 0.614. The molecule has 2 N–H and O–H groups in total. The van der Waals surface area contributed by atoms with E-state index in [1.165, 1.54) is 14.2 Å². The first-order valence-corrected chi connectivity index (χ1v) is 7.28. The number of hydrogen-bond donors (Lipinski definition) is 2. The Morgan fingerprint density at radius 2 is 1.73 bits per heavy atom. The molecule has 0 saturated heterocycles. The lowest BCUT2D eigenvalue weighted by Crippen LogP contribution is -2.12. The molecule has 2 aromatic rings. The van der Waals surface area contributed by atoms with Crippen LogP contribution in [-0.4, -0.2) is 25.2 Å². The normalized spacial score (nSPS) is 10.2. The van der Waals surface area contributed by atoms with Crippen LogP contribution >= 0.6 is 15.9 Å². The second-order valence-corrected chi connectivity index (χ2v) is 5.46. The zero-order valence-electron chi connectivity index (χ0n) is 12.4. The van der Waals surface area contributed by atoms with Crippen LogP contribution in [0, 0.1) is 6.92 Å². The van der Waals surface area contributed by atoms with Crippen molar-refractivity contribution in [3.8, 4) is 17.2 Å². The summed E-state index contributed by atoms with van der Waals surface area (Å²) in [6.45, 7) is 1.86. The maximum absolute atomic E-state index is 12.4. The van der Waals surface area contributed by atoms with Gasteiger partial charge in [-0.25, -0.2) is 0 Å². The SMILES string of the molecule is COc1cc(C(=O)Nc2ccc(C)cc2O)cc(OC)c1Br. The first kappa shape index (κ1) is 16.2. The number of nitrogens with one attached hydrogen (secondary N) is 1. The van der Waals surface area contributed by atoms with E-state index in [4.69, 9.17) is 9.47 Å². The second kappa shape index (κ2) is 6.70. The van der Waals surface area contributed by atoms with E-state index in [1.54, 1.807) is 30.3 Å². The number of benzene rings is 2. The highest BCUT2D eigenvalue weighted by atomic mass is 79.9. The summed E-state index contributed by atoms with van der Waals surface area (Å²) in [6, 6.07) is 8.21. The lowest BCUT2D eigenvalue weighted by atomic mass is 10.1. The molecule has 2 aromatic carbocycles. The van der Waals surface area contributed by atoms with Crippen LogP contribution in [0.5, 0.6) is 17.2 Å². The quantitative estimate of drug-likeness (QED) is 0.810. The molecule has 22 heavy (non-hydrogen) atoms. The highest BCUT2D eigenvalue weighted by Gasteiger charge is 2.15. The average molecular weight is 366 g/mol. The Morgan fingerprint density at radius 3 is 2.23 bits per heavy atom. The Morgan fingerprint density at radius 1 is 1.14 bits per heavy atom. The predicted molar refractivity (Wildman–Crippen MR) is 88.0 cm³/mol. The molecule has 116 valence electrons. The molecule has 2 rings (SSSR count). The fourth-order valence-corrected chi connectivity index (χ4v) is 2.49. The number of ether oxygens (including phenoxy) is 2. The molecule has 0 unspecified atom stereocenters. The van der Waals surface area contributed by atoms with E-state index >= 15 is 0 Å². The Balaban J connectivity index is 2.33. The number of aromatic hydroxyl groups is 1. The van der Waals surface area contributed by atoms with Gasteiger partial charge in [0, 0.05) is 5.56 Å². The van der Waals surface area contributed by atoms with Gasteiger partial charge in [0.25, 0.3) is 5.91 Å². The molecule has 0 spiro atoms. The summed E-state index contributed by atoms with van der Waals surface area (Å²) in [5, 5.41) is 12.5. The lowest BCUT2D eigenvalue weighted by molar-refractivity contribution is 0.102. The summed E-state index contributed by atoms with van der Waals surface area (Å²) in [7, 11) is 3.01. The molecule has 0 bridgehead atoms. The summed E-state index contributed by atoms with van der Waals surface area (Å²) in [4.78, 5) is 12.4. The van der Waals surface area contributed by atoms with Gasteiger partial charge < -0.3 is 19.9 Å². The highest BCUT2D eigenvalue weighted by molar-refractivity contribution is 9.10. The Kier molecular flexibility index (Phi) is 4.92. The molecule has 0 heterocycles. The maximum Gasteiger partial charge on any atom is 0.256 e. The molecular weight excluding hydrogens is 350 g/mol. The molecule has 5 nitrogen and oxygen atoms in total. The molecule has 0 atom stereocenters. The zero-order chi connectivity index (χ0) is 16.3. The highest BCUT2D eigenvalue weighted by Crippen LogP contribution is 2.36. The van der Waals surface area contributed by atoms with Crippen molar-refractivity contribution >= 4 is 27.5 Å². The number of aryl methyl sites for hydroxylation is 1. The number of phenols is 1. The largest absolute Gasteiger partial charge is 0.506 e.